The number of rotatable bonds is 5. The Morgan fingerprint density at radius 2 is 1.72 bits per heavy atom. The molecule has 2 aliphatic rings. The standard InChI is InChI=1S/C23H32OSi/c1-23(2,25(3)21-12-8-5-9-13-21)22(24)20-16-14-19(15-17-20)18-10-6-4-7-11-18/h5,8-9,12,14-18,21,25H,4,6-7,10-11,13H2,1-3H3. The minimum Gasteiger partial charge on any atom is -0.294 e. The molecule has 0 bridgehead atoms. The molecule has 0 N–H and O–H groups in total. The SMILES string of the molecule is C[SiH](C1C=CC=CC1)C(C)(C)C(=O)c1ccc(C2CCCCC2)cc1. The molecule has 0 heterocycles. The fraction of sp³-hybridized carbons (Fsp3) is 0.522. The minimum atomic E-state index is -1.25. The first kappa shape index (κ1) is 18.4. The topological polar surface area (TPSA) is 17.1 Å². The highest BCUT2D eigenvalue weighted by Crippen LogP contribution is 2.41. The number of Topliss-reactive ketones (excluding diaryl/α,β-unsaturated/α-hetero) is 1. The second-order valence-corrected chi connectivity index (χ2v) is 12.4. The zero-order valence-electron chi connectivity index (χ0n) is 16.0. The van der Waals surface area contributed by atoms with E-state index in [4.69, 9.17) is 0 Å². The van der Waals surface area contributed by atoms with Crippen LogP contribution in [0.4, 0.5) is 0 Å². The first-order chi connectivity index (χ1) is 12.0. The molecule has 0 amide bonds. The van der Waals surface area contributed by atoms with Crippen molar-refractivity contribution in [3.8, 4) is 0 Å². The number of benzene rings is 1. The van der Waals surface area contributed by atoms with Crippen LogP contribution < -0.4 is 0 Å². The van der Waals surface area contributed by atoms with Gasteiger partial charge in [-0.1, -0.05) is 88.2 Å². The molecule has 1 nitrogen and oxygen atoms in total. The Hall–Kier alpha value is -1.41. The molecule has 3 rings (SSSR count). The molecule has 2 atom stereocenters. The fourth-order valence-electron chi connectivity index (χ4n) is 4.43. The van der Waals surface area contributed by atoms with Crippen LogP contribution in [0.25, 0.3) is 0 Å². The van der Waals surface area contributed by atoms with Crippen molar-refractivity contribution in [1.82, 2.24) is 0 Å². The monoisotopic (exact) mass is 352 g/mol. The van der Waals surface area contributed by atoms with Gasteiger partial charge in [-0.2, -0.15) is 0 Å². The van der Waals surface area contributed by atoms with Gasteiger partial charge in [0.2, 0.25) is 0 Å². The van der Waals surface area contributed by atoms with Crippen LogP contribution in [0.5, 0.6) is 0 Å². The number of allylic oxidation sites excluding steroid dienone is 4. The zero-order chi connectivity index (χ0) is 17.9. The van der Waals surface area contributed by atoms with Crippen molar-refractivity contribution in [2.24, 2.45) is 0 Å². The summed E-state index contributed by atoms with van der Waals surface area (Å²) in [5, 5.41) is -0.216. The summed E-state index contributed by atoms with van der Waals surface area (Å²) in [6.45, 7) is 6.71. The lowest BCUT2D eigenvalue weighted by atomic mass is 9.83. The van der Waals surface area contributed by atoms with Gasteiger partial charge in [0.15, 0.2) is 5.78 Å². The van der Waals surface area contributed by atoms with E-state index in [0.717, 1.165) is 12.0 Å². The molecule has 0 aliphatic heterocycles. The molecule has 1 saturated carbocycles. The maximum atomic E-state index is 13.2. The Morgan fingerprint density at radius 1 is 1.04 bits per heavy atom. The zero-order valence-corrected chi connectivity index (χ0v) is 17.2. The summed E-state index contributed by atoms with van der Waals surface area (Å²) in [6.07, 6.45) is 16.6. The lowest BCUT2D eigenvalue weighted by Gasteiger charge is -2.34. The average Bonchev–Trinajstić information content (AvgIpc) is 2.68. The van der Waals surface area contributed by atoms with Gasteiger partial charge in [0.05, 0.1) is 8.80 Å². The van der Waals surface area contributed by atoms with Gasteiger partial charge in [0, 0.05) is 10.6 Å². The highest BCUT2D eigenvalue weighted by Gasteiger charge is 2.38. The lowest BCUT2D eigenvalue weighted by Crippen LogP contribution is -2.36. The average molecular weight is 353 g/mol. The van der Waals surface area contributed by atoms with Crippen LogP contribution in [0.3, 0.4) is 0 Å². The molecule has 0 aromatic heterocycles. The Morgan fingerprint density at radius 3 is 2.32 bits per heavy atom. The van der Waals surface area contributed by atoms with Crippen molar-refractivity contribution in [2.45, 2.75) is 75.4 Å². The Kier molecular flexibility index (Phi) is 5.78. The van der Waals surface area contributed by atoms with Gasteiger partial charge in [-0.25, -0.2) is 0 Å². The van der Waals surface area contributed by atoms with E-state index in [-0.39, 0.29) is 5.04 Å². The van der Waals surface area contributed by atoms with Crippen molar-refractivity contribution in [3.05, 3.63) is 59.7 Å². The van der Waals surface area contributed by atoms with Gasteiger partial charge >= 0.3 is 0 Å². The van der Waals surface area contributed by atoms with E-state index in [9.17, 15) is 4.79 Å². The first-order valence-electron chi connectivity index (χ1n) is 9.98. The summed E-state index contributed by atoms with van der Waals surface area (Å²) in [5.41, 5.74) is 2.92. The van der Waals surface area contributed by atoms with E-state index in [2.05, 4.69) is 69.0 Å². The summed E-state index contributed by atoms with van der Waals surface area (Å²) in [6, 6.07) is 8.61. The molecule has 0 spiro atoms. The lowest BCUT2D eigenvalue weighted by molar-refractivity contribution is 0.0945. The van der Waals surface area contributed by atoms with Gasteiger partial charge < -0.3 is 0 Å². The van der Waals surface area contributed by atoms with E-state index in [0.29, 0.717) is 17.2 Å². The van der Waals surface area contributed by atoms with E-state index in [1.807, 2.05) is 0 Å². The van der Waals surface area contributed by atoms with Crippen molar-refractivity contribution < 1.29 is 4.79 Å². The number of hydrogen-bond acceptors (Lipinski definition) is 1. The van der Waals surface area contributed by atoms with Crippen LogP contribution in [0.1, 0.15) is 74.2 Å². The largest absolute Gasteiger partial charge is 0.294 e. The van der Waals surface area contributed by atoms with Crippen molar-refractivity contribution in [1.29, 1.82) is 0 Å². The van der Waals surface area contributed by atoms with Crippen LogP contribution >= 0.6 is 0 Å². The maximum Gasteiger partial charge on any atom is 0.165 e. The van der Waals surface area contributed by atoms with E-state index >= 15 is 0 Å². The van der Waals surface area contributed by atoms with Crippen molar-refractivity contribution in [2.75, 3.05) is 0 Å². The van der Waals surface area contributed by atoms with Crippen LogP contribution in [-0.4, -0.2) is 14.6 Å². The van der Waals surface area contributed by atoms with Crippen molar-refractivity contribution in [3.63, 3.8) is 0 Å². The van der Waals surface area contributed by atoms with Gasteiger partial charge in [0.1, 0.15) is 0 Å². The molecule has 1 aromatic carbocycles. The molecule has 0 radical (unpaired) electrons. The molecule has 2 aliphatic carbocycles. The van der Waals surface area contributed by atoms with Crippen LogP contribution in [0.15, 0.2) is 48.6 Å². The van der Waals surface area contributed by atoms with Gasteiger partial charge in [-0.15, -0.1) is 0 Å². The van der Waals surface area contributed by atoms with Crippen LogP contribution in [0.2, 0.25) is 17.1 Å². The van der Waals surface area contributed by atoms with Crippen LogP contribution in [0, 0.1) is 0 Å². The molecular weight excluding hydrogens is 320 g/mol. The quantitative estimate of drug-likeness (QED) is 0.440. The predicted molar refractivity (Wildman–Crippen MR) is 110 cm³/mol. The summed E-state index contributed by atoms with van der Waals surface area (Å²) < 4.78 is 0. The normalized spacial score (nSPS) is 22.8. The second kappa shape index (κ2) is 7.86. The second-order valence-electron chi connectivity index (χ2n) is 8.51. The predicted octanol–water partition coefficient (Wildman–Crippen LogP) is 6.44. The summed E-state index contributed by atoms with van der Waals surface area (Å²) in [4.78, 5) is 13.2. The Bertz CT molecular complexity index is 647. The summed E-state index contributed by atoms with van der Waals surface area (Å²) in [5.74, 6) is 1.04. The molecular formula is C23H32OSi. The summed E-state index contributed by atoms with van der Waals surface area (Å²) >= 11 is 0. The van der Waals surface area contributed by atoms with E-state index < -0.39 is 8.80 Å². The molecule has 0 saturated heterocycles. The van der Waals surface area contributed by atoms with Crippen molar-refractivity contribution >= 4 is 14.6 Å². The third-order valence-electron chi connectivity index (χ3n) is 6.63. The number of hydrogen-bond donors (Lipinski definition) is 0. The molecule has 1 aromatic rings. The number of carbonyl (C=O) groups excluding carboxylic acids is 1. The first-order valence-corrected chi connectivity index (χ1v) is 12.4. The number of ketones is 1. The maximum absolute atomic E-state index is 13.2. The third kappa shape index (κ3) is 4.06. The molecule has 1 fully saturated rings. The third-order valence-corrected chi connectivity index (χ3v) is 10.9. The molecule has 2 unspecified atom stereocenters. The van der Waals surface area contributed by atoms with E-state index in [1.54, 1.807) is 0 Å². The molecule has 134 valence electrons. The van der Waals surface area contributed by atoms with Gasteiger partial charge in [0.25, 0.3) is 0 Å². The minimum absolute atomic E-state index is 0.216. The Labute approximate surface area is 154 Å². The van der Waals surface area contributed by atoms with Crippen LogP contribution in [-0.2, 0) is 0 Å². The highest BCUT2D eigenvalue weighted by molar-refractivity contribution is 6.68. The van der Waals surface area contributed by atoms with Gasteiger partial charge in [-0.05, 0) is 36.3 Å². The number of carbonyl (C=O) groups is 1. The Balaban J connectivity index is 1.72. The highest BCUT2D eigenvalue weighted by atomic mass is 28.3. The smallest absolute Gasteiger partial charge is 0.165 e. The fourth-order valence-corrected chi connectivity index (χ4v) is 7.10. The summed E-state index contributed by atoms with van der Waals surface area (Å²) in [7, 11) is -1.25. The molecule has 2 heteroatoms. The molecule has 25 heavy (non-hydrogen) atoms. The van der Waals surface area contributed by atoms with E-state index in [1.165, 1.54) is 37.7 Å². The van der Waals surface area contributed by atoms with Gasteiger partial charge in [-0.3, -0.25) is 4.79 Å².